The molecule has 0 unspecified atom stereocenters. The number of esters is 1. The maximum atomic E-state index is 14.5. The number of carbonyl (C=O) groups is 8. The number of rotatable bonds is 31. The van der Waals surface area contributed by atoms with Gasteiger partial charge in [-0.1, -0.05) is 108 Å². The standard InChI is InChI=1S/C64H76N8O14S/c1-5-7-18-47(66-36-73)56(77)69-50(31-37(3)4)58(79)71-51(32-38-15-10-9-11-16-38)59(80)67-48(19-8-6-2)57(78)70-52(33-39-22-24-40(74)25-23-39)60(81)68-49(61(82)83)20-12-13-30-65-63(87)72-46-21-14-17-45-55(46)62(84)86-64(45)43-28-26-41(75)34-53(43)85-54-35-42(76)27-29-44(54)64/h9-11,14-17,21-29,34-37,47-52,74-76H,5-8,12-13,18-20,30-33H2,1-4H3,(H,66,73)(H,67,80)(H,68,81)(H,69,77)(H,70,78)(H,71,79)(H,82,83)(H2,65,72,87)/t47-,48-,49-,50-,51-,52-/m0/s1. The van der Waals surface area contributed by atoms with Crippen molar-refractivity contribution in [2.24, 2.45) is 5.92 Å². The Balaban J connectivity index is 1.01. The quantitative estimate of drug-likeness (QED) is 0.00993. The summed E-state index contributed by atoms with van der Waals surface area (Å²) >= 11 is 5.64. The van der Waals surface area contributed by atoms with Gasteiger partial charge in [0.15, 0.2) is 10.7 Å². The zero-order chi connectivity index (χ0) is 62.8. The van der Waals surface area contributed by atoms with Crippen molar-refractivity contribution in [1.82, 2.24) is 37.2 Å². The van der Waals surface area contributed by atoms with Crippen molar-refractivity contribution in [2.45, 2.75) is 147 Å². The van der Waals surface area contributed by atoms with Crippen LogP contribution in [-0.4, -0.2) is 116 Å². The number of ether oxygens (including phenoxy) is 2. The topological polar surface area (TPSA) is 332 Å². The van der Waals surface area contributed by atoms with Crippen molar-refractivity contribution < 1.29 is 68.3 Å². The number of carboxylic acid groups (broad SMARTS) is 1. The maximum absolute atomic E-state index is 14.5. The Bertz CT molecular complexity index is 3240. The SMILES string of the molecule is CCCC[C@H](NC=O)C(=O)N[C@@H](CC(C)C)C(=O)N[C@@H](Cc1ccccc1)C(=O)N[C@@H](CCCC)C(=O)N[C@@H](Cc1ccc(O)cc1)C(=O)N[C@@H](CCCCNC(=S)Nc1cccc2c1C(=O)OC21c2ccc(O)cc2Oc2cc(O)ccc21)C(=O)O. The zero-order valence-electron chi connectivity index (χ0n) is 49.0. The number of hydrogen-bond acceptors (Lipinski definition) is 14. The first-order valence-electron chi connectivity index (χ1n) is 29.3. The number of aromatic hydroxyl groups is 3. The average Bonchev–Trinajstić information content (AvgIpc) is 1.63. The molecule has 87 heavy (non-hydrogen) atoms. The largest absolute Gasteiger partial charge is 0.508 e. The number of fused-ring (bicyclic) bond motifs is 6. The van der Waals surface area contributed by atoms with E-state index in [0.29, 0.717) is 72.0 Å². The van der Waals surface area contributed by atoms with Crippen LogP contribution in [0.4, 0.5) is 5.69 Å². The first kappa shape index (κ1) is 65.3. The third kappa shape index (κ3) is 17.0. The number of aliphatic carboxylic acids is 1. The molecule has 2 aliphatic heterocycles. The van der Waals surface area contributed by atoms with Crippen molar-refractivity contribution >= 4 is 70.9 Å². The molecule has 1 spiro atoms. The molecule has 5 aromatic rings. The summed E-state index contributed by atoms with van der Waals surface area (Å²) in [4.78, 5) is 109. The molecule has 2 aliphatic rings. The minimum Gasteiger partial charge on any atom is -0.508 e. The number of anilines is 1. The van der Waals surface area contributed by atoms with Crippen molar-refractivity contribution in [1.29, 1.82) is 0 Å². The molecular weight excluding hydrogens is 1140 g/mol. The minimum atomic E-state index is -1.50. The molecule has 0 radical (unpaired) electrons. The fraction of sp³-hybridized carbons (Fsp3) is 0.391. The molecular formula is C64H76N8O14S. The summed E-state index contributed by atoms with van der Waals surface area (Å²) in [7, 11) is 0. The van der Waals surface area contributed by atoms with E-state index in [0.717, 1.165) is 6.42 Å². The Labute approximate surface area is 510 Å². The molecule has 22 nitrogen and oxygen atoms in total. The van der Waals surface area contributed by atoms with Gasteiger partial charge in [0, 0.05) is 48.2 Å². The van der Waals surface area contributed by atoms with Crippen molar-refractivity contribution in [3.63, 3.8) is 0 Å². The smallest absolute Gasteiger partial charge is 0.342 e. The second-order valence-corrected chi connectivity index (χ2v) is 22.5. The van der Waals surface area contributed by atoms with E-state index in [1.165, 1.54) is 36.4 Å². The van der Waals surface area contributed by atoms with E-state index >= 15 is 0 Å². The van der Waals surface area contributed by atoms with Crippen LogP contribution in [0.3, 0.4) is 0 Å². The fourth-order valence-electron chi connectivity index (χ4n) is 10.6. The van der Waals surface area contributed by atoms with Gasteiger partial charge in [-0.2, -0.15) is 0 Å². The van der Waals surface area contributed by atoms with E-state index in [-0.39, 0.29) is 90.4 Å². The lowest BCUT2D eigenvalue weighted by molar-refractivity contribution is -0.142. The molecule has 0 fully saturated rings. The van der Waals surface area contributed by atoms with Gasteiger partial charge >= 0.3 is 11.9 Å². The molecule has 0 aromatic heterocycles. The number of carboxylic acids is 1. The molecule has 0 aliphatic carbocycles. The van der Waals surface area contributed by atoms with Crippen LogP contribution in [0.5, 0.6) is 28.7 Å². The molecule has 23 heteroatoms. The summed E-state index contributed by atoms with van der Waals surface area (Å²) in [5.74, 6) is -5.38. The van der Waals surface area contributed by atoms with Gasteiger partial charge in [-0.3, -0.25) is 28.8 Å². The van der Waals surface area contributed by atoms with E-state index in [1.54, 1.807) is 72.8 Å². The molecule has 462 valence electrons. The number of hydrogen-bond donors (Lipinski definition) is 12. The summed E-state index contributed by atoms with van der Waals surface area (Å²) in [6, 6.07) is 21.5. The Kier molecular flexibility index (Phi) is 23.0. The van der Waals surface area contributed by atoms with Crippen LogP contribution in [-0.2, 0) is 56.7 Å². The highest BCUT2D eigenvalue weighted by atomic mass is 32.1. The van der Waals surface area contributed by atoms with Gasteiger partial charge in [-0.05, 0) is 110 Å². The number of nitrogens with one attached hydrogen (secondary N) is 8. The van der Waals surface area contributed by atoms with Gasteiger partial charge in [-0.25, -0.2) is 9.59 Å². The molecule has 6 atom stereocenters. The van der Waals surface area contributed by atoms with E-state index in [9.17, 15) is 58.8 Å². The average molecular weight is 1210 g/mol. The summed E-state index contributed by atoms with van der Waals surface area (Å²) in [5.41, 5.74) is 1.56. The van der Waals surface area contributed by atoms with Gasteiger partial charge in [0.2, 0.25) is 35.9 Å². The van der Waals surface area contributed by atoms with Crippen LogP contribution in [0.15, 0.2) is 109 Å². The number of thiocarbonyl (C=S) groups is 1. The first-order chi connectivity index (χ1) is 41.7. The highest BCUT2D eigenvalue weighted by Gasteiger charge is 2.54. The molecule has 7 rings (SSSR count). The van der Waals surface area contributed by atoms with Crippen LogP contribution in [0.25, 0.3) is 0 Å². The summed E-state index contributed by atoms with van der Waals surface area (Å²) in [6.07, 6.45) is 4.05. The first-order valence-corrected chi connectivity index (χ1v) is 29.7. The van der Waals surface area contributed by atoms with Crippen LogP contribution < -0.4 is 47.3 Å². The highest BCUT2D eigenvalue weighted by Crippen LogP contribution is 2.57. The maximum Gasteiger partial charge on any atom is 0.342 e. The lowest BCUT2D eigenvalue weighted by atomic mass is 9.77. The molecule has 6 amide bonds. The molecule has 2 heterocycles. The number of phenolic OH excluding ortho intramolecular Hbond substituents is 3. The third-order valence-corrected chi connectivity index (χ3v) is 15.3. The fourth-order valence-corrected chi connectivity index (χ4v) is 10.8. The Morgan fingerprint density at radius 2 is 1.08 bits per heavy atom. The van der Waals surface area contributed by atoms with Gasteiger partial charge in [0.25, 0.3) is 0 Å². The van der Waals surface area contributed by atoms with Gasteiger partial charge in [-0.15, -0.1) is 0 Å². The Hall–Kier alpha value is -9.25. The molecule has 12 N–H and O–H groups in total. The Morgan fingerprint density at radius 1 is 0.575 bits per heavy atom. The number of benzene rings is 5. The second kappa shape index (κ2) is 30.7. The van der Waals surface area contributed by atoms with Crippen molar-refractivity contribution in [3.05, 3.63) is 143 Å². The molecule has 0 bridgehead atoms. The lowest BCUT2D eigenvalue weighted by Crippen LogP contribution is -2.60. The number of amides is 6. The number of phenols is 3. The van der Waals surface area contributed by atoms with Crippen LogP contribution in [0.1, 0.15) is 130 Å². The van der Waals surface area contributed by atoms with Gasteiger partial charge in [0.1, 0.15) is 65.0 Å². The lowest BCUT2D eigenvalue weighted by Gasteiger charge is -2.36. The Morgan fingerprint density at radius 3 is 1.66 bits per heavy atom. The normalized spacial score (nSPS) is 14.6. The van der Waals surface area contributed by atoms with Crippen LogP contribution >= 0.6 is 12.2 Å². The summed E-state index contributed by atoms with van der Waals surface area (Å²) < 4.78 is 12.3. The number of unbranched alkanes of at least 4 members (excludes halogenated alkanes) is 3. The summed E-state index contributed by atoms with van der Waals surface area (Å²) in [5, 5.41) is 63.6. The van der Waals surface area contributed by atoms with E-state index in [4.69, 9.17) is 21.7 Å². The van der Waals surface area contributed by atoms with E-state index < -0.39 is 83.3 Å². The van der Waals surface area contributed by atoms with Crippen molar-refractivity contribution in [2.75, 3.05) is 11.9 Å². The predicted octanol–water partition coefficient (Wildman–Crippen LogP) is 6.36. The zero-order valence-corrected chi connectivity index (χ0v) is 49.8. The second-order valence-electron chi connectivity index (χ2n) is 22.1. The van der Waals surface area contributed by atoms with Gasteiger partial charge < -0.3 is 72.4 Å². The molecule has 5 aromatic carbocycles. The third-order valence-electron chi connectivity index (χ3n) is 15.0. The van der Waals surface area contributed by atoms with E-state index in [1.807, 2.05) is 27.7 Å². The molecule has 0 saturated carbocycles. The van der Waals surface area contributed by atoms with Crippen molar-refractivity contribution in [3.8, 4) is 28.7 Å². The minimum absolute atomic E-state index is 0.00373. The van der Waals surface area contributed by atoms with Crippen LogP contribution in [0, 0.1) is 5.92 Å². The molecule has 0 saturated heterocycles. The highest BCUT2D eigenvalue weighted by molar-refractivity contribution is 7.80. The monoisotopic (exact) mass is 1210 g/mol. The number of carbonyl (C=O) groups excluding carboxylic acids is 7. The van der Waals surface area contributed by atoms with Gasteiger partial charge in [0.05, 0.1) is 11.3 Å². The predicted molar refractivity (Wildman–Crippen MR) is 327 cm³/mol. The summed E-state index contributed by atoms with van der Waals surface area (Å²) in [6.45, 7) is 7.82. The van der Waals surface area contributed by atoms with E-state index in [2.05, 4.69) is 42.5 Å². The van der Waals surface area contributed by atoms with Crippen LogP contribution in [0.2, 0.25) is 0 Å².